The van der Waals surface area contributed by atoms with Gasteiger partial charge in [0.15, 0.2) is 6.07 Å². The highest BCUT2D eigenvalue weighted by Gasteiger charge is 2.63. The normalized spacial score (nSPS) is 29.8. The Hall–Kier alpha value is -0.970. The number of likely N-dealkylation sites (tertiary alicyclic amines) is 1. The van der Waals surface area contributed by atoms with Crippen molar-refractivity contribution >= 4 is 23.7 Å². The minimum Gasteiger partial charge on any atom is -0.449 e. The molecule has 6 heteroatoms. The molecule has 0 spiro atoms. The van der Waals surface area contributed by atoms with Crippen molar-refractivity contribution in [2.45, 2.75) is 38.8 Å². The van der Waals surface area contributed by atoms with E-state index in [-0.39, 0.29) is 36.0 Å². The summed E-state index contributed by atoms with van der Waals surface area (Å²) in [6.45, 7) is 6.12. The molecule has 0 unspecified atom stereocenters. The smallest absolute Gasteiger partial charge is 0.410 e. The van der Waals surface area contributed by atoms with E-state index < -0.39 is 5.60 Å². The molecule has 2 rings (SSSR count). The van der Waals surface area contributed by atoms with Crippen LogP contribution in [0.5, 0.6) is 0 Å². The molecule has 1 amide bonds. The van der Waals surface area contributed by atoms with Crippen molar-refractivity contribution in [1.82, 2.24) is 4.90 Å². The molecule has 1 saturated heterocycles. The minimum absolute atomic E-state index is 0.0597. The fourth-order valence-electron chi connectivity index (χ4n) is 2.57. The second-order valence-corrected chi connectivity index (χ2v) is 5.93. The molecule has 102 valence electrons. The van der Waals surface area contributed by atoms with Gasteiger partial charge < -0.3 is 14.4 Å². The van der Waals surface area contributed by atoms with Gasteiger partial charge in [-0.15, -0.1) is 0 Å². The van der Waals surface area contributed by atoms with Crippen molar-refractivity contribution in [1.29, 1.82) is 0 Å². The molecule has 2 aliphatic rings. The molecular formula is C12H18ClNO4. The van der Waals surface area contributed by atoms with Gasteiger partial charge in [0, 0.05) is 6.54 Å². The van der Waals surface area contributed by atoms with Crippen LogP contribution in [-0.2, 0) is 14.3 Å². The molecule has 1 heterocycles. The van der Waals surface area contributed by atoms with Crippen LogP contribution in [0.2, 0.25) is 0 Å². The Morgan fingerprint density at radius 3 is 2.61 bits per heavy atom. The zero-order valence-corrected chi connectivity index (χ0v) is 11.6. The molecule has 3 atom stereocenters. The molecular weight excluding hydrogens is 258 g/mol. The summed E-state index contributed by atoms with van der Waals surface area (Å²) in [6, 6.07) is -0.197. The zero-order chi connectivity index (χ0) is 13.5. The Kier molecular flexibility index (Phi) is 3.45. The van der Waals surface area contributed by atoms with Crippen LogP contribution in [0.25, 0.3) is 0 Å². The molecule has 1 saturated carbocycles. The highest BCUT2D eigenvalue weighted by Crippen LogP contribution is 2.51. The van der Waals surface area contributed by atoms with Gasteiger partial charge >= 0.3 is 12.1 Å². The maximum absolute atomic E-state index is 11.9. The monoisotopic (exact) mass is 275 g/mol. The molecule has 5 nitrogen and oxygen atoms in total. The summed E-state index contributed by atoms with van der Waals surface area (Å²) in [7, 11) is 0. The number of rotatable bonds is 2. The molecule has 2 fully saturated rings. The first kappa shape index (κ1) is 13.5. The van der Waals surface area contributed by atoms with Gasteiger partial charge in [-0.3, -0.25) is 4.79 Å². The third-order valence-electron chi connectivity index (χ3n) is 3.29. The summed E-state index contributed by atoms with van der Waals surface area (Å²) in [5.41, 5.74) is -0.518. The largest absolute Gasteiger partial charge is 0.449 e. The van der Waals surface area contributed by atoms with Gasteiger partial charge in [0.05, 0.1) is 12.0 Å². The zero-order valence-electron chi connectivity index (χ0n) is 10.8. The van der Waals surface area contributed by atoms with E-state index in [2.05, 4.69) is 0 Å². The lowest BCUT2D eigenvalue weighted by molar-refractivity contribution is -0.144. The van der Waals surface area contributed by atoms with E-state index in [0.717, 1.165) is 6.42 Å². The maximum atomic E-state index is 11.9. The van der Waals surface area contributed by atoms with Gasteiger partial charge in [-0.2, -0.15) is 0 Å². The van der Waals surface area contributed by atoms with Crippen molar-refractivity contribution in [3.63, 3.8) is 0 Å². The van der Waals surface area contributed by atoms with E-state index >= 15 is 0 Å². The number of piperidine rings is 1. The first-order valence-corrected chi connectivity index (χ1v) is 6.61. The van der Waals surface area contributed by atoms with Crippen LogP contribution in [0, 0.1) is 11.8 Å². The highest BCUT2D eigenvalue weighted by molar-refractivity contribution is 6.17. The summed E-state index contributed by atoms with van der Waals surface area (Å²) >= 11 is 5.36. The number of alkyl halides is 1. The first-order chi connectivity index (χ1) is 8.35. The van der Waals surface area contributed by atoms with Crippen LogP contribution in [-0.4, -0.2) is 41.2 Å². The first-order valence-electron chi connectivity index (χ1n) is 6.07. The predicted octanol–water partition coefficient (Wildman–Crippen LogP) is 1.98. The second-order valence-electron chi connectivity index (χ2n) is 5.72. The Morgan fingerprint density at radius 2 is 2.06 bits per heavy atom. The Morgan fingerprint density at radius 1 is 1.39 bits per heavy atom. The third-order valence-corrected chi connectivity index (χ3v) is 3.40. The molecule has 0 bridgehead atoms. The van der Waals surface area contributed by atoms with E-state index in [1.165, 1.54) is 0 Å². The number of fused-ring (bicyclic) bond motifs is 1. The molecule has 1 aliphatic heterocycles. The van der Waals surface area contributed by atoms with Gasteiger partial charge in [0.25, 0.3) is 0 Å². The molecule has 18 heavy (non-hydrogen) atoms. The fourth-order valence-corrected chi connectivity index (χ4v) is 2.67. The van der Waals surface area contributed by atoms with Crippen LogP contribution >= 0.6 is 11.6 Å². The summed E-state index contributed by atoms with van der Waals surface area (Å²) in [6.07, 6.45) is 0.475. The lowest BCUT2D eigenvalue weighted by Crippen LogP contribution is -2.38. The number of hydrogen-bond donors (Lipinski definition) is 0. The lowest BCUT2D eigenvalue weighted by atomic mass is 10.2. The predicted molar refractivity (Wildman–Crippen MR) is 65.1 cm³/mol. The molecule has 1 aliphatic carbocycles. The summed E-state index contributed by atoms with van der Waals surface area (Å²) in [5, 5.41) is 0. The quantitative estimate of drug-likeness (QED) is 0.571. The average Bonchev–Trinajstić information content (AvgIpc) is 2.77. The number of ether oxygens (including phenoxy) is 2. The van der Waals surface area contributed by atoms with Crippen LogP contribution < -0.4 is 0 Å². The van der Waals surface area contributed by atoms with E-state index in [1.54, 1.807) is 4.90 Å². The number of esters is 1. The van der Waals surface area contributed by atoms with Gasteiger partial charge in [-0.25, -0.2) is 4.79 Å². The van der Waals surface area contributed by atoms with Gasteiger partial charge in [0.2, 0.25) is 0 Å². The van der Waals surface area contributed by atoms with Crippen LogP contribution in [0.1, 0.15) is 27.2 Å². The fraction of sp³-hybridized carbons (Fsp3) is 0.833. The Bertz CT molecular complexity index is 366. The van der Waals surface area contributed by atoms with Gasteiger partial charge in [-0.1, -0.05) is 11.6 Å². The van der Waals surface area contributed by atoms with Crippen molar-refractivity contribution in [3.8, 4) is 0 Å². The minimum atomic E-state index is -0.518. The number of nitrogens with zero attached hydrogens (tertiary/aromatic N) is 1. The summed E-state index contributed by atoms with van der Waals surface area (Å²) < 4.78 is 10.1. The van der Waals surface area contributed by atoms with E-state index in [1.807, 2.05) is 20.8 Å². The Balaban J connectivity index is 1.93. The highest BCUT2D eigenvalue weighted by atomic mass is 35.5. The Labute approximate surface area is 111 Å². The van der Waals surface area contributed by atoms with Gasteiger partial charge in [0.1, 0.15) is 5.60 Å². The average molecular weight is 276 g/mol. The maximum Gasteiger partial charge on any atom is 0.410 e. The van der Waals surface area contributed by atoms with Crippen LogP contribution in [0.15, 0.2) is 0 Å². The molecule has 0 aromatic rings. The van der Waals surface area contributed by atoms with Crippen molar-refractivity contribution < 1.29 is 19.1 Å². The van der Waals surface area contributed by atoms with Crippen molar-refractivity contribution in [3.05, 3.63) is 0 Å². The molecule has 0 aromatic carbocycles. The standard InChI is InChI=1S/C12H18ClNO4/c1-12(2,3)18-11(16)14-5-4-7-8(9(7)14)10(15)17-6-13/h7-9H,4-6H2,1-3H3/t7-,8-,9-/m1/s1. The van der Waals surface area contributed by atoms with Crippen molar-refractivity contribution in [2.75, 3.05) is 12.6 Å². The van der Waals surface area contributed by atoms with Crippen LogP contribution in [0.3, 0.4) is 0 Å². The topological polar surface area (TPSA) is 55.8 Å². The third kappa shape index (κ3) is 2.55. The van der Waals surface area contributed by atoms with E-state index in [0.29, 0.717) is 6.54 Å². The molecule has 0 radical (unpaired) electrons. The van der Waals surface area contributed by atoms with Crippen LogP contribution in [0.4, 0.5) is 4.79 Å². The number of amides is 1. The summed E-state index contributed by atoms with van der Waals surface area (Å²) in [5.74, 6) is -0.313. The molecule has 0 aromatic heterocycles. The SMILES string of the molecule is CC(C)(C)OC(=O)N1CC[C@@H]2[C@@H](C(=O)OCCl)[C@@H]21. The van der Waals surface area contributed by atoms with Gasteiger partial charge in [-0.05, 0) is 33.1 Å². The second kappa shape index (κ2) is 4.61. The van der Waals surface area contributed by atoms with E-state index in [4.69, 9.17) is 21.1 Å². The lowest BCUT2D eigenvalue weighted by Gasteiger charge is -2.25. The number of halogens is 1. The number of hydrogen-bond acceptors (Lipinski definition) is 4. The van der Waals surface area contributed by atoms with E-state index in [9.17, 15) is 9.59 Å². The molecule has 0 N–H and O–H groups in total. The number of carbonyl (C=O) groups is 2. The van der Waals surface area contributed by atoms with Crippen molar-refractivity contribution in [2.24, 2.45) is 11.8 Å². The summed E-state index contributed by atoms with van der Waals surface area (Å²) in [4.78, 5) is 25.2. The number of carbonyl (C=O) groups excluding carboxylic acids is 2.